The molecule has 2 heterocycles. The fraction of sp³-hybridized carbons (Fsp3) is 0.214. The van der Waals surface area contributed by atoms with E-state index in [9.17, 15) is 0 Å². The molecule has 1 aliphatic heterocycles. The van der Waals surface area contributed by atoms with E-state index in [-0.39, 0.29) is 6.04 Å². The Kier molecular flexibility index (Phi) is 3.38. The smallest absolute Gasteiger partial charge is 0.129 e. The number of pyridine rings is 1. The lowest BCUT2D eigenvalue weighted by atomic mass is 9.98. The van der Waals surface area contributed by atoms with Crippen molar-refractivity contribution in [2.45, 2.75) is 12.5 Å². The van der Waals surface area contributed by atoms with Gasteiger partial charge < -0.3 is 4.74 Å². The predicted molar refractivity (Wildman–Crippen MR) is 74.1 cm³/mol. The van der Waals surface area contributed by atoms with Gasteiger partial charge in [-0.3, -0.25) is 5.84 Å². The van der Waals surface area contributed by atoms with Crippen molar-refractivity contribution in [3.8, 4) is 5.75 Å². The zero-order valence-electron chi connectivity index (χ0n) is 10.3. The number of hydrogen-bond acceptors (Lipinski definition) is 4. The van der Waals surface area contributed by atoms with E-state index in [2.05, 4.69) is 16.5 Å². The van der Waals surface area contributed by atoms with E-state index < -0.39 is 0 Å². The van der Waals surface area contributed by atoms with Gasteiger partial charge in [0, 0.05) is 12.6 Å². The Morgan fingerprint density at radius 2 is 2.11 bits per heavy atom. The average molecular weight is 276 g/mol. The van der Waals surface area contributed by atoms with Crippen LogP contribution in [0.25, 0.3) is 0 Å². The van der Waals surface area contributed by atoms with E-state index in [1.807, 2.05) is 24.3 Å². The molecule has 0 amide bonds. The van der Waals surface area contributed by atoms with Gasteiger partial charge in [-0.05, 0) is 34.9 Å². The fourth-order valence-corrected chi connectivity index (χ4v) is 2.55. The Morgan fingerprint density at radius 3 is 2.89 bits per heavy atom. The lowest BCUT2D eigenvalue weighted by molar-refractivity contribution is 0.357. The minimum Gasteiger partial charge on any atom is -0.493 e. The summed E-state index contributed by atoms with van der Waals surface area (Å²) in [6.45, 7) is 0.751. The Hall–Kier alpha value is -1.62. The number of hydrazine groups is 1. The predicted octanol–water partition coefficient (Wildman–Crippen LogP) is 2.22. The van der Waals surface area contributed by atoms with Crippen LogP contribution in [0.4, 0.5) is 0 Å². The number of ether oxygens (including phenoxy) is 1. The molecule has 0 saturated carbocycles. The van der Waals surface area contributed by atoms with Gasteiger partial charge >= 0.3 is 0 Å². The first kappa shape index (κ1) is 12.4. The highest BCUT2D eigenvalue weighted by Crippen LogP contribution is 2.30. The molecule has 1 aliphatic rings. The lowest BCUT2D eigenvalue weighted by Crippen LogP contribution is -2.28. The third kappa shape index (κ3) is 2.42. The summed E-state index contributed by atoms with van der Waals surface area (Å²) in [6.07, 6.45) is 2.62. The molecular weight excluding hydrogens is 262 g/mol. The number of aromatic nitrogens is 1. The number of halogens is 1. The second kappa shape index (κ2) is 5.17. The molecule has 19 heavy (non-hydrogen) atoms. The van der Waals surface area contributed by atoms with Crippen LogP contribution in [0.5, 0.6) is 5.75 Å². The summed E-state index contributed by atoms with van der Waals surface area (Å²) in [6, 6.07) is 9.75. The first-order chi connectivity index (χ1) is 9.28. The summed E-state index contributed by atoms with van der Waals surface area (Å²) in [4.78, 5) is 3.98. The van der Waals surface area contributed by atoms with Crippen molar-refractivity contribution in [1.82, 2.24) is 10.4 Å². The molecule has 98 valence electrons. The van der Waals surface area contributed by atoms with Gasteiger partial charge in [0.25, 0.3) is 0 Å². The highest BCUT2D eigenvalue weighted by molar-refractivity contribution is 6.29. The Bertz CT molecular complexity index is 603. The molecular formula is C14H14ClN3O. The monoisotopic (exact) mass is 275 g/mol. The molecule has 1 aromatic heterocycles. The van der Waals surface area contributed by atoms with Gasteiger partial charge in [-0.1, -0.05) is 23.7 Å². The standard InChI is InChI=1S/C14H14ClN3O/c15-13-8-11(3-5-17-13)14(18-16)10-1-2-12-9(7-10)4-6-19-12/h1-3,5,7-8,14,18H,4,6,16H2. The maximum Gasteiger partial charge on any atom is 0.129 e. The first-order valence-corrected chi connectivity index (χ1v) is 6.49. The van der Waals surface area contributed by atoms with Crippen molar-refractivity contribution in [2.24, 2.45) is 5.84 Å². The Morgan fingerprint density at radius 1 is 1.26 bits per heavy atom. The summed E-state index contributed by atoms with van der Waals surface area (Å²) in [7, 11) is 0. The SMILES string of the molecule is NNC(c1ccnc(Cl)c1)c1ccc2c(c1)CCO2. The van der Waals surface area contributed by atoms with E-state index in [1.165, 1.54) is 5.56 Å². The van der Waals surface area contributed by atoms with Gasteiger partial charge in [-0.2, -0.15) is 0 Å². The second-order valence-corrected chi connectivity index (χ2v) is 4.86. The molecule has 0 spiro atoms. The summed E-state index contributed by atoms with van der Waals surface area (Å²) >= 11 is 5.93. The molecule has 0 saturated heterocycles. The summed E-state index contributed by atoms with van der Waals surface area (Å²) in [5.41, 5.74) is 6.13. The minimum atomic E-state index is -0.105. The summed E-state index contributed by atoms with van der Waals surface area (Å²) in [5.74, 6) is 6.65. The Balaban J connectivity index is 1.98. The highest BCUT2D eigenvalue weighted by Gasteiger charge is 2.17. The molecule has 1 atom stereocenters. The minimum absolute atomic E-state index is 0.105. The normalized spacial score (nSPS) is 14.8. The van der Waals surface area contributed by atoms with E-state index >= 15 is 0 Å². The number of nitrogens with two attached hydrogens (primary N) is 1. The van der Waals surface area contributed by atoms with Crippen LogP contribution in [0, 0.1) is 0 Å². The maximum atomic E-state index is 5.93. The maximum absolute atomic E-state index is 5.93. The van der Waals surface area contributed by atoms with Gasteiger partial charge in [0.2, 0.25) is 0 Å². The fourth-order valence-electron chi connectivity index (χ4n) is 2.37. The summed E-state index contributed by atoms with van der Waals surface area (Å²) in [5, 5.41) is 0.460. The van der Waals surface area contributed by atoms with Crippen molar-refractivity contribution in [1.29, 1.82) is 0 Å². The van der Waals surface area contributed by atoms with E-state index in [0.29, 0.717) is 5.15 Å². The number of hydrogen-bond donors (Lipinski definition) is 2. The number of nitrogens with zero attached hydrogens (tertiary/aromatic N) is 1. The van der Waals surface area contributed by atoms with Crippen LogP contribution < -0.4 is 16.0 Å². The zero-order valence-corrected chi connectivity index (χ0v) is 11.0. The lowest BCUT2D eigenvalue weighted by Gasteiger charge is -2.17. The van der Waals surface area contributed by atoms with Gasteiger partial charge in [0.1, 0.15) is 10.9 Å². The molecule has 1 aromatic carbocycles. The zero-order chi connectivity index (χ0) is 13.2. The van der Waals surface area contributed by atoms with Crippen molar-refractivity contribution < 1.29 is 4.74 Å². The van der Waals surface area contributed by atoms with E-state index in [4.69, 9.17) is 22.2 Å². The van der Waals surface area contributed by atoms with Crippen LogP contribution in [0.15, 0.2) is 36.5 Å². The summed E-state index contributed by atoms with van der Waals surface area (Å²) < 4.78 is 5.51. The first-order valence-electron chi connectivity index (χ1n) is 6.11. The van der Waals surface area contributed by atoms with Crippen LogP contribution in [0.2, 0.25) is 5.15 Å². The molecule has 1 unspecified atom stereocenters. The topological polar surface area (TPSA) is 60.2 Å². The van der Waals surface area contributed by atoms with Crippen molar-refractivity contribution in [3.05, 3.63) is 58.4 Å². The number of rotatable bonds is 3. The molecule has 0 bridgehead atoms. The second-order valence-electron chi connectivity index (χ2n) is 4.48. The van der Waals surface area contributed by atoms with Crippen LogP contribution in [-0.2, 0) is 6.42 Å². The number of benzene rings is 1. The molecule has 4 nitrogen and oxygen atoms in total. The van der Waals surface area contributed by atoms with Gasteiger partial charge in [0.05, 0.1) is 12.6 Å². The largest absolute Gasteiger partial charge is 0.493 e. The van der Waals surface area contributed by atoms with Crippen molar-refractivity contribution in [3.63, 3.8) is 0 Å². The van der Waals surface area contributed by atoms with Gasteiger partial charge in [-0.25, -0.2) is 10.4 Å². The van der Waals surface area contributed by atoms with Crippen molar-refractivity contribution in [2.75, 3.05) is 6.61 Å². The molecule has 3 N–H and O–H groups in total. The van der Waals surface area contributed by atoms with E-state index in [1.54, 1.807) is 6.20 Å². The van der Waals surface area contributed by atoms with Crippen LogP contribution in [0.3, 0.4) is 0 Å². The quantitative estimate of drug-likeness (QED) is 0.512. The molecule has 0 radical (unpaired) electrons. The molecule has 2 aromatic rings. The molecule has 3 rings (SSSR count). The molecule has 5 heteroatoms. The van der Waals surface area contributed by atoms with Crippen molar-refractivity contribution >= 4 is 11.6 Å². The molecule has 0 fully saturated rings. The number of fused-ring (bicyclic) bond motifs is 1. The molecule has 0 aliphatic carbocycles. The van der Waals surface area contributed by atoms with E-state index in [0.717, 1.165) is 29.9 Å². The van der Waals surface area contributed by atoms with Crippen LogP contribution in [-0.4, -0.2) is 11.6 Å². The third-order valence-electron chi connectivity index (χ3n) is 3.30. The highest BCUT2D eigenvalue weighted by atomic mass is 35.5. The van der Waals surface area contributed by atoms with Crippen LogP contribution in [0.1, 0.15) is 22.7 Å². The van der Waals surface area contributed by atoms with Gasteiger partial charge in [0.15, 0.2) is 0 Å². The average Bonchev–Trinajstić information content (AvgIpc) is 2.87. The number of nitrogens with one attached hydrogen (secondary N) is 1. The Labute approximate surface area is 116 Å². The van der Waals surface area contributed by atoms with Crippen LogP contribution >= 0.6 is 11.6 Å². The van der Waals surface area contributed by atoms with Gasteiger partial charge in [-0.15, -0.1) is 0 Å². The third-order valence-corrected chi connectivity index (χ3v) is 3.50.